The Bertz CT molecular complexity index is 537. The Hall–Kier alpha value is -0.970. The van der Waals surface area contributed by atoms with Crippen molar-refractivity contribution in [1.29, 1.82) is 0 Å². The molecule has 2 N–H and O–H groups in total. The molecular weight excluding hydrogens is 339 g/mol. The van der Waals surface area contributed by atoms with Crippen molar-refractivity contribution in [3.63, 3.8) is 0 Å². The van der Waals surface area contributed by atoms with Crippen LogP contribution in [0.3, 0.4) is 0 Å². The molecule has 0 saturated heterocycles. The summed E-state index contributed by atoms with van der Waals surface area (Å²) in [6.07, 6.45) is 1.70. The van der Waals surface area contributed by atoms with E-state index in [9.17, 15) is 0 Å². The number of nitrogens with zero attached hydrogens (tertiary/aromatic N) is 1. The lowest BCUT2D eigenvalue weighted by atomic mass is 10.3. The maximum Gasteiger partial charge on any atom is 0.157 e. The van der Waals surface area contributed by atoms with Gasteiger partial charge >= 0.3 is 0 Å². The number of aromatic nitrogens is 1. The lowest BCUT2D eigenvalue weighted by molar-refractivity contribution is 0.302. The van der Waals surface area contributed by atoms with Crippen LogP contribution in [0, 0.1) is 0 Å². The number of halogens is 3. The van der Waals surface area contributed by atoms with Gasteiger partial charge < -0.3 is 10.5 Å². The number of nitrogens with two attached hydrogens (primary N) is 1. The number of hydrogen-bond donors (Lipinski definition) is 1. The van der Waals surface area contributed by atoms with Crippen molar-refractivity contribution in [2.24, 2.45) is 0 Å². The fraction of sp³-hybridized carbons (Fsp3) is 0.0833. The number of pyridine rings is 1. The van der Waals surface area contributed by atoms with Gasteiger partial charge in [0, 0.05) is 16.4 Å². The lowest BCUT2D eigenvalue weighted by Crippen LogP contribution is -1.99. The third-order valence-corrected chi connectivity index (χ3v) is 3.20. The van der Waals surface area contributed by atoms with Crippen molar-refractivity contribution >= 4 is 44.8 Å². The number of nitrogen functional groups attached to an aromatic ring is 1. The van der Waals surface area contributed by atoms with Crippen LogP contribution in [0.5, 0.6) is 5.75 Å². The van der Waals surface area contributed by atoms with Crippen molar-refractivity contribution in [2.75, 3.05) is 5.73 Å². The fourth-order valence-corrected chi connectivity index (χ4v) is 2.20. The van der Waals surface area contributed by atoms with Gasteiger partial charge in [0.2, 0.25) is 0 Å². The van der Waals surface area contributed by atoms with Crippen molar-refractivity contribution in [3.8, 4) is 5.75 Å². The van der Waals surface area contributed by atoms with E-state index in [2.05, 4.69) is 20.9 Å². The number of hydrogen-bond acceptors (Lipinski definition) is 3. The Balaban J connectivity index is 2.13. The molecule has 0 aliphatic rings. The quantitative estimate of drug-likeness (QED) is 0.841. The summed E-state index contributed by atoms with van der Waals surface area (Å²) in [7, 11) is 0. The Labute approximate surface area is 123 Å². The van der Waals surface area contributed by atoms with Gasteiger partial charge in [0.15, 0.2) is 5.75 Å². The molecule has 1 heterocycles. The summed E-state index contributed by atoms with van der Waals surface area (Å²) in [6.45, 7) is 0.288. The van der Waals surface area contributed by atoms with Crippen LogP contribution < -0.4 is 10.5 Å². The third-order valence-electron chi connectivity index (χ3n) is 2.17. The van der Waals surface area contributed by atoms with Gasteiger partial charge in [-0.05, 0) is 40.2 Å². The SMILES string of the molecule is Nc1cc(Cl)c(OCc2ccc(Br)cn2)c(Cl)c1. The van der Waals surface area contributed by atoms with Crippen molar-refractivity contribution in [3.05, 3.63) is 50.7 Å². The van der Waals surface area contributed by atoms with Crippen molar-refractivity contribution in [2.45, 2.75) is 6.61 Å². The average Bonchev–Trinajstić information content (AvgIpc) is 2.30. The smallest absolute Gasteiger partial charge is 0.157 e. The molecule has 3 nitrogen and oxygen atoms in total. The monoisotopic (exact) mass is 346 g/mol. The average molecular weight is 348 g/mol. The van der Waals surface area contributed by atoms with E-state index in [0.29, 0.717) is 21.5 Å². The largest absolute Gasteiger partial charge is 0.484 e. The normalized spacial score (nSPS) is 10.4. The zero-order chi connectivity index (χ0) is 13.1. The summed E-state index contributed by atoms with van der Waals surface area (Å²) in [5.74, 6) is 0.414. The molecule has 0 atom stereocenters. The van der Waals surface area contributed by atoms with Gasteiger partial charge in [-0.1, -0.05) is 23.2 Å². The Morgan fingerprint density at radius 1 is 1.22 bits per heavy atom. The predicted molar refractivity (Wildman–Crippen MR) is 77.1 cm³/mol. The molecule has 0 bridgehead atoms. The van der Waals surface area contributed by atoms with Crippen LogP contribution in [0.2, 0.25) is 10.0 Å². The van der Waals surface area contributed by atoms with Gasteiger partial charge in [-0.25, -0.2) is 0 Å². The molecule has 0 unspecified atom stereocenters. The van der Waals surface area contributed by atoms with Gasteiger partial charge in [-0.2, -0.15) is 0 Å². The second-order valence-corrected chi connectivity index (χ2v) is 5.30. The molecule has 0 spiro atoms. The van der Waals surface area contributed by atoms with E-state index in [-0.39, 0.29) is 6.61 Å². The summed E-state index contributed by atoms with van der Waals surface area (Å²) in [6, 6.07) is 6.93. The second-order valence-electron chi connectivity index (χ2n) is 3.57. The highest BCUT2D eigenvalue weighted by atomic mass is 79.9. The van der Waals surface area contributed by atoms with Gasteiger partial charge in [0.1, 0.15) is 6.61 Å². The highest BCUT2D eigenvalue weighted by Gasteiger charge is 2.09. The Morgan fingerprint density at radius 2 is 1.89 bits per heavy atom. The van der Waals surface area contributed by atoms with Gasteiger partial charge in [-0.3, -0.25) is 4.98 Å². The van der Waals surface area contributed by atoms with Gasteiger partial charge in [0.05, 0.1) is 15.7 Å². The van der Waals surface area contributed by atoms with Crippen LogP contribution in [0.15, 0.2) is 34.9 Å². The summed E-state index contributed by atoms with van der Waals surface area (Å²) >= 11 is 15.3. The van der Waals surface area contributed by atoms with Gasteiger partial charge in [0.25, 0.3) is 0 Å². The first-order valence-corrected chi connectivity index (χ1v) is 6.59. The third kappa shape index (κ3) is 3.28. The molecule has 2 rings (SSSR count). The highest BCUT2D eigenvalue weighted by Crippen LogP contribution is 2.35. The van der Waals surface area contributed by atoms with Crippen LogP contribution in [0.25, 0.3) is 0 Å². The van der Waals surface area contributed by atoms with Crippen LogP contribution in [0.1, 0.15) is 5.69 Å². The molecule has 0 saturated carbocycles. The maximum absolute atomic E-state index is 6.01. The van der Waals surface area contributed by atoms with E-state index in [0.717, 1.165) is 10.2 Å². The zero-order valence-corrected chi connectivity index (χ0v) is 12.3. The van der Waals surface area contributed by atoms with E-state index in [4.69, 9.17) is 33.7 Å². The molecule has 0 fully saturated rings. The summed E-state index contributed by atoms with van der Waals surface area (Å²) in [5, 5.41) is 0.772. The molecule has 0 aliphatic carbocycles. The number of benzene rings is 1. The highest BCUT2D eigenvalue weighted by molar-refractivity contribution is 9.10. The van der Waals surface area contributed by atoms with E-state index in [1.165, 1.54) is 0 Å². The fourth-order valence-electron chi connectivity index (χ4n) is 1.36. The minimum absolute atomic E-state index is 0.288. The van der Waals surface area contributed by atoms with E-state index < -0.39 is 0 Å². The van der Waals surface area contributed by atoms with Gasteiger partial charge in [-0.15, -0.1) is 0 Å². The minimum Gasteiger partial charge on any atom is -0.484 e. The zero-order valence-electron chi connectivity index (χ0n) is 9.16. The lowest BCUT2D eigenvalue weighted by Gasteiger charge is -2.10. The van der Waals surface area contributed by atoms with E-state index in [1.54, 1.807) is 18.3 Å². The number of rotatable bonds is 3. The molecule has 1 aromatic carbocycles. The van der Waals surface area contributed by atoms with Crippen molar-refractivity contribution < 1.29 is 4.74 Å². The van der Waals surface area contributed by atoms with Crippen LogP contribution in [-0.4, -0.2) is 4.98 Å². The molecule has 0 radical (unpaired) electrons. The minimum atomic E-state index is 0.288. The van der Waals surface area contributed by atoms with Crippen molar-refractivity contribution in [1.82, 2.24) is 4.98 Å². The van der Waals surface area contributed by atoms with Crippen LogP contribution in [-0.2, 0) is 6.61 Å². The number of ether oxygens (including phenoxy) is 1. The van der Waals surface area contributed by atoms with E-state index >= 15 is 0 Å². The molecule has 6 heteroatoms. The molecule has 2 aromatic rings. The van der Waals surface area contributed by atoms with E-state index in [1.807, 2.05) is 12.1 Å². The summed E-state index contributed by atoms with van der Waals surface area (Å²) in [5.41, 5.74) is 6.89. The standard InChI is InChI=1S/C12H9BrCl2N2O/c13-7-1-2-9(17-5-7)6-18-12-10(14)3-8(16)4-11(12)15/h1-5H,6,16H2. The van der Waals surface area contributed by atoms with Crippen LogP contribution >= 0.6 is 39.1 Å². The molecule has 0 aliphatic heterocycles. The maximum atomic E-state index is 6.01. The topological polar surface area (TPSA) is 48.1 Å². The molecule has 1 aromatic heterocycles. The Kier molecular flexibility index (Phi) is 4.32. The first-order valence-electron chi connectivity index (χ1n) is 5.04. The second kappa shape index (κ2) is 5.78. The first-order chi connectivity index (χ1) is 8.56. The first kappa shape index (κ1) is 13.5. The number of anilines is 1. The molecule has 18 heavy (non-hydrogen) atoms. The molecular formula is C12H9BrCl2N2O. The Morgan fingerprint density at radius 3 is 2.44 bits per heavy atom. The summed E-state index contributed by atoms with van der Waals surface area (Å²) < 4.78 is 6.46. The molecule has 0 amide bonds. The predicted octanol–water partition coefficient (Wildman–Crippen LogP) is 4.31. The molecule has 94 valence electrons. The summed E-state index contributed by atoms with van der Waals surface area (Å²) in [4.78, 5) is 4.19. The van der Waals surface area contributed by atoms with Crippen LogP contribution in [0.4, 0.5) is 5.69 Å².